The summed E-state index contributed by atoms with van der Waals surface area (Å²) in [7, 11) is 6.55. The van der Waals surface area contributed by atoms with E-state index in [9.17, 15) is 0 Å². The molecule has 6 nitrogen and oxygen atoms in total. The molecule has 0 atom stereocenters. The fourth-order valence-corrected chi connectivity index (χ4v) is 3.72. The van der Waals surface area contributed by atoms with E-state index in [0.29, 0.717) is 29.5 Å². The molecule has 0 N–H and O–H groups in total. The van der Waals surface area contributed by atoms with Crippen LogP contribution in [0, 0.1) is 0 Å². The Bertz CT molecular complexity index is 1180. The van der Waals surface area contributed by atoms with Crippen LogP contribution in [0.25, 0.3) is 22.5 Å². The van der Waals surface area contributed by atoms with Gasteiger partial charge in [0.2, 0.25) is 0 Å². The van der Waals surface area contributed by atoms with Gasteiger partial charge in [0.05, 0.1) is 46.2 Å². The lowest BCUT2D eigenvalue weighted by molar-refractivity contribution is 0.355. The highest BCUT2D eigenvalue weighted by Crippen LogP contribution is 2.39. The molecule has 1 aromatic heterocycles. The second-order valence-electron chi connectivity index (χ2n) is 7.23. The largest absolute Gasteiger partial charge is 0.497 e. The van der Waals surface area contributed by atoms with Crippen LogP contribution in [0.1, 0.15) is 5.56 Å². The monoisotopic (exact) mass is 430 g/mol. The molecule has 0 fully saturated rings. The van der Waals surface area contributed by atoms with Crippen LogP contribution in [0.4, 0.5) is 0 Å². The standard InChI is InChI=1S/C26H26N2O4/c1-29-21-12-20(13-22(15-21)30-2)25-26(19-10-11-23(31-3)24(14-19)32-4)28(17-27-25)16-18-8-6-5-7-9-18/h5-15,17H,16H2,1-4H3. The highest BCUT2D eigenvalue weighted by Gasteiger charge is 2.19. The van der Waals surface area contributed by atoms with Gasteiger partial charge in [-0.25, -0.2) is 4.98 Å². The second-order valence-corrected chi connectivity index (χ2v) is 7.23. The summed E-state index contributed by atoms with van der Waals surface area (Å²) in [5, 5.41) is 0. The van der Waals surface area contributed by atoms with Crippen molar-refractivity contribution in [3.63, 3.8) is 0 Å². The Balaban J connectivity index is 1.90. The van der Waals surface area contributed by atoms with E-state index >= 15 is 0 Å². The molecular formula is C26H26N2O4. The van der Waals surface area contributed by atoms with Gasteiger partial charge in [0.25, 0.3) is 0 Å². The first kappa shape index (κ1) is 21.3. The van der Waals surface area contributed by atoms with Gasteiger partial charge in [-0.15, -0.1) is 0 Å². The molecule has 0 bridgehead atoms. The Morgan fingerprint density at radius 1 is 0.688 bits per heavy atom. The van der Waals surface area contributed by atoms with E-state index in [0.717, 1.165) is 22.5 Å². The maximum atomic E-state index is 5.56. The summed E-state index contributed by atoms with van der Waals surface area (Å²) in [6.07, 6.45) is 1.86. The van der Waals surface area contributed by atoms with E-state index in [-0.39, 0.29) is 0 Å². The molecule has 0 radical (unpaired) electrons. The molecular weight excluding hydrogens is 404 g/mol. The van der Waals surface area contributed by atoms with E-state index in [2.05, 4.69) is 16.7 Å². The molecule has 0 amide bonds. The Morgan fingerprint density at radius 2 is 1.38 bits per heavy atom. The van der Waals surface area contributed by atoms with E-state index < -0.39 is 0 Å². The first-order valence-corrected chi connectivity index (χ1v) is 10.2. The van der Waals surface area contributed by atoms with Crippen LogP contribution in [-0.4, -0.2) is 38.0 Å². The minimum absolute atomic E-state index is 0.659. The zero-order chi connectivity index (χ0) is 22.5. The summed E-state index contributed by atoms with van der Waals surface area (Å²) in [4.78, 5) is 4.79. The third-order valence-corrected chi connectivity index (χ3v) is 5.32. The third-order valence-electron chi connectivity index (χ3n) is 5.32. The lowest BCUT2D eigenvalue weighted by atomic mass is 10.0. The minimum Gasteiger partial charge on any atom is -0.497 e. The summed E-state index contributed by atoms with van der Waals surface area (Å²) in [5.41, 5.74) is 4.84. The maximum Gasteiger partial charge on any atom is 0.161 e. The fraction of sp³-hybridized carbons (Fsp3) is 0.192. The fourth-order valence-electron chi connectivity index (χ4n) is 3.72. The molecule has 32 heavy (non-hydrogen) atoms. The van der Waals surface area contributed by atoms with E-state index in [4.69, 9.17) is 23.9 Å². The van der Waals surface area contributed by atoms with Crippen molar-refractivity contribution in [1.82, 2.24) is 9.55 Å². The number of benzene rings is 3. The van der Waals surface area contributed by atoms with Crippen LogP contribution >= 0.6 is 0 Å². The van der Waals surface area contributed by atoms with Gasteiger partial charge in [0, 0.05) is 23.7 Å². The molecule has 164 valence electrons. The van der Waals surface area contributed by atoms with Crippen molar-refractivity contribution in [2.45, 2.75) is 6.54 Å². The topological polar surface area (TPSA) is 54.7 Å². The lowest BCUT2D eigenvalue weighted by Gasteiger charge is -2.14. The number of hydrogen-bond donors (Lipinski definition) is 0. The Kier molecular flexibility index (Phi) is 6.31. The van der Waals surface area contributed by atoms with Crippen LogP contribution in [0.15, 0.2) is 73.1 Å². The van der Waals surface area contributed by atoms with Crippen LogP contribution in [-0.2, 0) is 6.54 Å². The molecule has 0 unspecified atom stereocenters. The van der Waals surface area contributed by atoms with Crippen molar-refractivity contribution < 1.29 is 18.9 Å². The van der Waals surface area contributed by atoms with Gasteiger partial charge in [-0.05, 0) is 35.9 Å². The molecule has 0 aliphatic rings. The van der Waals surface area contributed by atoms with Crippen molar-refractivity contribution in [3.05, 3.63) is 78.6 Å². The van der Waals surface area contributed by atoms with Crippen LogP contribution < -0.4 is 18.9 Å². The number of ether oxygens (including phenoxy) is 4. The highest BCUT2D eigenvalue weighted by molar-refractivity contribution is 5.81. The number of rotatable bonds is 8. The van der Waals surface area contributed by atoms with Gasteiger partial charge in [-0.3, -0.25) is 0 Å². The molecule has 0 saturated carbocycles. The molecule has 0 saturated heterocycles. The minimum atomic E-state index is 0.659. The lowest BCUT2D eigenvalue weighted by Crippen LogP contribution is -2.01. The number of aromatic nitrogens is 2. The average Bonchev–Trinajstić information content (AvgIpc) is 3.27. The molecule has 3 aromatic carbocycles. The smallest absolute Gasteiger partial charge is 0.161 e. The summed E-state index contributed by atoms with van der Waals surface area (Å²) < 4.78 is 24.1. The Hall–Kier alpha value is -3.93. The van der Waals surface area contributed by atoms with Gasteiger partial charge < -0.3 is 23.5 Å². The predicted molar refractivity (Wildman–Crippen MR) is 125 cm³/mol. The number of methoxy groups -OCH3 is 4. The molecule has 0 aliphatic carbocycles. The first-order valence-electron chi connectivity index (χ1n) is 10.2. The van der Waals surface area contributed by atoms with E-state index in [1.54, 1.807) is 28.4 Å². The molecule has 1 heterocycles. The number of imidazole rings is 1. The molecule has 0 spiro atoms. The number of nitrogens with zero attached hydrogens (tertiary/aromatic N) is 2. The van der Waals surface area contributed by atoms with Crippen molar-refractivity contribution >= 4 is 0 Å². The predicted octanol–water partition coefficient (Wildman–Crippen LogP) is 5.30. The summed E-state index contributed by atoms with van der Waals surface area (Å²) in [5.74, 6) is 2.74. The maximum absolute atomic E-state index is 5.56. The van der Waals surface area contributed by atoms with Crippen LogP contribution in [0.2, 0.25) is 0 Å². The van der Waals surface area contributed by atoms with Crippen molar-refractivity contribution in [2.75, 3.05) is 28.4 Å². The van der Waals surface area contributed by atoms with Gasteiger partial charge >= 0.3 is 0 Å². The van der Waals surface area contributed by atoms with Gasteiger partial charge in [-0.1, -0.05) is 30.3 Å². The van der Waals surface area contributed by atoms with Crippen LogP contribution in [0.5, 0.6) is 23.0 Å². The van der Waals surface area contributed by atoms with Crippen molar-refractivity contribution in [2.24, 2.45) is 0 Å². The van der Waals surface area contributed by atoms with Gasteiger partial charge in [0.15, 0.2) is 11.5 Å². The molecule has 6 heteroatoms. The quantitative estimate of drug-likeness (QED) is 0.380. The molecule has 0 aliphatic heterocycles. The zero-order valence-electron chi connectivity index (χ0n) is 18.7. The zero-order valence-corrected chi connectivity index (χ0v) is 18.7. The highest BCUT2D eigenvalue weighted by atomic mass is 16.5. The normalized spacial score (nSPS) is 10.6. The average molecular weight is 431 g/mol. The molecule has 4 aromatic rings. The summed E-state index contributed by atoms with van der Waals surface area (Å²) in [6, 6.07) is 22.0. The van der Waals surface area contributed by atoms with Gasteiger partial charge in [-0.2, -0.15) is 0 Å². The number of hydrogen-bond acceptors (Lipinski definition) is 5. The van der Waals surface area contributed by atoms with E-state index in [1.807, 2.05) is 60.9 Å². The Morgan fingerprint density at radius 3 is 2.00 bits per heavy atom. The van der Waals surface area contributed by atoms with Crippen molar-refractivity contribution in [1.29, 1.82) is 0 Å². The molecule has 4 rings (SSSR count). The summed E-state index contributed by atoms with van der Waals surface area (Å²) >= 11 is 0. The van der Waals surface area contributed by atoms with Crippen LogP contribution in [0.3, 0.4) is 0 Å². The second kappa shape index (κ2) is 9.47. The third kappa shape index (κ3) is 4.25. The SMILES string of the molecule is COc1cc(OC)cc(-c2ncn(Cc3ccccc3)c2-c2ccc(OC)c(OC)c2)c1. The van der Waals surface area contributed by atoms with Crippen molar-refractivity contribution in [3.8, 4) is 45.5 Å². The Labute approximate surface area is 188 Å². The van der Waals surface area contributed by atoms with E-state index in [1.165, 1.54) is 5.56 Å². The van der Waals surface area contributed by atoms with Gasteiger partial charge in [0.1, 0.15) is 11.5 Å². The first-order chi connectivity index (χ1) is 15.7. The summed E-state index contributed by atoms with van der Waals surface area (Å²) in [6.45, 7) is 0.679.